The molecular weight excluding hydrogens is 298 g/mol. The minimum Gasteiger partial charge on any atom is -0.479 e. The van der Waals surface area contributed by atoms with Gasteiger partial charge < -0.3 is 14.4 Å². The first-order chi connectivity index (χ1) is 11.1. The van der Waals surface area contributed by atoms with E-state index < -0.39 is 0 Å². The summed E-state index contributed by atoms with van der Waals surface area (Å²) in [6.07, 6.45) is 4.15. The Morgan fingerprint density at radius 3 is 2.96 bits per heavy atom. The van der Waals surface area contributed by atoms with Crippen molar-refractivity contribution in [3.63, 3.8) is 0 Å². The van der Waals surface area contributed by atoms with Crippen LogP contribution in [0.15, 0.2) is 12.4 Å². The van der Waals surface area contributed by atoms with Crippen LogP contribution in [0.1, 0.15) is 27.4 Å². The van der Waals surface area contributed by atoms with Crippen LogP contribution in [0, 0.1) is 0 Å². The van der Waals surface area contributed by atoms with Crippen molar-refractivity contribution in [1.82, 2.24) is 24.6 Å². The molecule has 2 aromatic heterocycles. The van der Waals surface area contributed by atoms with Crippen molar-refractivity contribution in [3.8, 4) is 5.88 Å². The Bertz CT molecular complexity index is 728. The minimum atomic E-state index is -0.0958. The van der Waals surface area contributed by atoms with Crippen molar-refractivity contribution in [2.45, 2.75) is 19.6 Å². The third-order valence-corrected chi connectivity index (χ3v) is 3.76. The van der Waals surface area contributed by atoms with Crippen LogP contribution >= 0.6 is 0 Å². The number of methoxy groups -OCH3 is 2. The van der Waals surface area contributed by atoms with Gasteiger partial charge >= 0.3 is 0 Å². The lowest BCUT2D eigenvalue weighted by atomic mass is 10.1. The van der Waals surface area contributed by atoms with Crippen molar-refractivity contribution in [2.24, 2.45) is 7.05 Å². The van der Waals surface area contributed by atoms with E-state index in [4.69, 9.17) is 9.47 Å². The Morgan fingerprint density at radius 1 is 1.39 bits per heavy atom. The molecule has 3 rings (SSSR count). The van der Waals surface area contributed by atoms with Gasteiger partial charge in [-0.3, -0.25) is 9.48 Å². The molecule has 0 unspecified atom stereocenters. The lowest BCUT2D eigenvalue weighted by Gasteiger charge is -2.28. The maximum Gasteiger partial charge on any atom is 0.261 e. The smallest absolute Gasteiger partial charge is 0.261 e. The van der Waals surface area contributed by atoms with E-state index in [0.29, 0.717) is 43.4 Å². The molecule has 0 N–H and O–H groups in total. The molecule has 8 nitrogen and oxygen atoms in total. The summed E-state index contributed by atoms with van der Waals surface area (Å²) in [5.41, 5.74) is 2.41. The van der Waals surface area contributed by atoms with Gasteiger partial charge in [0.25, 0.3) is 5.91 Å². The first-order valence-corrected chi connectivity index (χ1v) is 7.32. The van der Waals surface area contributed by atoms with E-state index in [1.54, 1.807) is 36.1 Å². The Hall–Kier alpha value is -2.48. The van der Waals surface area contributed by atoms with Crippen molar-refractivity contribution in [3.05, 3.63) is 35.0 Å². The van der Waals surface area contributed by atoms with E-state index in [-0.39, 0.29) is 5.91 Å². The normalized spacial score (nSPS) is 13.8. The van der Waals surface area contributed by atoms with Crippen molar-refractivity contribution >= 4 is 5.91 Å². The second kappa shape index (κ2) is 6.33. The summed E-state index contributed by atoms with van der Waals surface area (Å²) in [5.74, 6) is 0.913. The third kappa shape index (κ3) is 3.02. The van der Waals surface area contributed by atoms with E-state index in [9.17, 15) is 4.79 Å². The number of ether oxygens (including phenoxy) is 2. The summed E-state index contributed by atoms with van der Waals surface area (Å²) in [6.45, 7) is 1.48. The minimum absolute atomic E-state index is 0.0958. The fourth-order valence-electron chi connectivity index (χ4n) is 2.67. The summed E-state index contributed by atoms with van der Waals surface area (Å²) in [5, 5.41) is 4.13. The molecule has 23 heavy (non-hydrogen) atoms. The molecule has 0 fully saturated rings. The van der Waals surface area contributed by atoms with Gasteiger partial charge in [-0.15, -0.1) is 5.10 Å². The van der Waals surface area contributed by atoms with Gasteiger partial charge in [0.15, 0.2) is 5.82 Å². The van der Waals surface area contributed by atoms with Crippen LogP contribution < -0.4 is 4.74 Å². The molecule has 0 aromatic carbocycles. The van der Waals surface area contributed by atoms with Crippen molar-refractivity contribution in [2.75, 3.05) is 20.8 Å². The van der Waals surface area contributed by atoms with Gasteiger partial charge in [0.05, 0.1) is 12.8 Å². The molecule has 0 atom stereocenters. The first kappa shape index (κ1) is 15.4. The van der Waals surface area contributed by atoms with Crippen LogP contribution in [0.5, 0.6) is 5.88 Å². The Kier molecular flexibility index (Phi) is 4.24. The molecule has 0 aliphatic carbocycles. The van der Waals surface area contributed by atoms with E-state index in [0.717, 1.165) is 11.3 Å². The van der Waals surface area contributed by atoms with Crippen LogP contribution in [0.2, 0.25) is 0 Å². The van der Waals surface area contributed by atoms with Crippen LogP contribution in [0.25, 0.3) is 0 Å². The highest BCUT2D eigenvalue weighted by Crippen LogP contribution is 2.22. The number of amides is 1. The average Bonchev–Trinajstić information content (AvgIpc) is 2.95. The summed E-state index contributed by atoms with van der Waals surface area (Å²) >= 11 is 0. The van der Waals surface area contributed by atoms with E-state index in [1.807, 2.05) is 0 Å². The molecule has 1 amide bonds. The zero-order valence-corrected chi connectivity index (χ0v) is 13.4. The maximum absolute atomic E-state index is 12.7. The molecule has 8 heteroatoms. The second-order valence-corrected chi connectivity index (χ2v) is 5.39. The van der Waals surface area contributed by atoms with Gasteiger partial charge in [-0.1, -0.05) is 0 Å². The lowest BCUT2D eigenvalue weighted by Crippen LogP contribution is -2.36. The first-order valence-electron chi connectivity index (χ1n) is 7.32. The highest BCUT2D eigenvalue weighted by Gasteiger charge is 2.26. The van der Waals surface area contributed by atoms with E-state index in [1.165, 1.54) is 7.11 Å². The summed E-state index contributed by atoms with van der Waals surface area (Å²) in [6, 6.07) is 0. The largest absolute Gasteiger partial charge is 0.479 e. The summed E-state index contributed by atoms with van der Waals surface area (Å²) in [4.78, 5) is 23.2. The zero-order chi connectivity index (χ0) is 16.4. The fourth-order valence-corrected chi connectivity index (χ4v) is 2.67. The van der Waals surface area contributed by atoms with Gasteiger partial charge in [0, 0.05) is 51.6 Å². The number of carbonyl (C=O) groups is 1. The number of aryl methyl sites for hydroxylation is 1. The number of rotatable bonds is 4. The van der Waals surface area contributed by atoms with Crippen LogP contribution in [-0.4, -0.2) is 51.3 Å². The Balaban J connectivity index is 1.80. The Morgan fingerprint density at radius 2 is 2.22 bits per heavy atom. The molecule has 1 aliphatic heterocycles. The number of carbonyl (C=O) groups excluding carboxylic acids is 1. The Labute approximate surface area is 134 Å². The molecule has 122 valence electrons. The highest BCUT2D eigenvalue weighted by molar-refractivity contribution is 5.96. The molecule has 0 saturated heterocycles. The monoisotopic (exact) mass is 317 g/mol. The van der Waals surface area contributed by atoms with E-state index >= 15 is 0 Å². The van der Waals surface area contributed by atoms with Crippen LogP contribution in [0.4, 0.5) is 0 Å². The molecule has 3 heterocycles. The molecule has 1 aliphatic rings. The number of nitrogens with zero attached hydrogens (tertiary/aromatic N) is 5. The van der Waals surface area contributed by atoms with Gasteiger partial charge in [-0.2, -0.15) is 0 Å². The third-order valence-electron chi connectivity index (χ3n) is 3.76. The number of aromatic nitrogens is 4. The molecule has 0 radical (unpaired) electrons. The number of fused-ring (bicyclic) bond motifs is 1. The quantitative estimate of drug-likeness (QED) is 0.819. The lowest BCUT2D eigenvalue weighted by molar-refractivity contribution is 0.0729. The standard InChI is InChI=1S/C15H19N5O3/c1-19-8-11(14(18-19)23-3)15(21)20-5-4-12-10(7-20)6-16-13(17-12)9-22-2/h6,8H,4-5,7,9H2,1-3H3. The fraction of sp³-hybridized carbons (Fsp3) is 0.467. The van der Waals surface area contributed by atoms with Gasteiger partial charge in [0.1, 0.15) is 12.2 Å². The topological polar surface area (TPSA) is 82.4 Å². The predicted molar refractivity (Wildman–Crippen MR) is 80.9 cm³/mol. The molecule has 0 saturated carbocycles. The maximum atomic E-state index is 12.7. The van der Waals surface area contributed by atoms with Gasteiger partial charge in [0.2, 0.25) is 5.88 Å². The molecule has 2 aromatic rings. The summed E-state index contributed by atoms with van der Waals surface area (Å²) in [7, 11) is 4.89. The van der Waals surface area contributed by atoms with Crippen molar-refractivity contribution in [1.29, 1.82) is 0 Å². The highest BCUT2D eigenvalue weighted by atomic mass is 16.5. The van der Waals surface area contributed by atoms with Crippen molar-refractivity contribution < 1.29 is 14.3 Å². The SMILES string of the molecule is COCc1ncc2c(n1)CCN(C(=O)c1cn(C)nc1OC)C2. The number of hydrogen-bond acceptors (Lipinski definition) is 6. The van der Waals surface area contributed by atoms with Crippen LogP contribution in [0.3, 0.4) is 0 Å². The molecule has 0 bridgehead atoms. The summed E-state index contributed by atoms with van der Waals surface area (Å²) < 4.78 is 11.8. The second-order valence-electron chi connectivity index (χ2n) is 5.39. The zero-order valence-electron chi connectivity index (χ0n) is 13.4. The van der Waals surface area contributed by atoms with Gasteiger partial charge in [-0.25, -0.2) is 9.97 Å². The number of hydrogen-bond donors (Lipinski definition) is 0. The predicted octanol–water partition coefficient (Wildman–Crippen LogP) is 0.564. The van der Waals surface area contributed by atoms with E-state index in [2.05, 4.69) is 15.1 Å². The molecular formula is C15H19N5O3. The average molecular weight is 317 g/mol. The van der Waals surface area contributed by atoms with Gasteiger partial charge in [-0.05, 0) is 0 Å². The molecule has 0 spiro atoms. The van der Waals surface area contributed by atoms with Crippen LogP contribution in [-0.2, 0) is 31.4 Å².